The molecule has 7 aromatic rings. The molecule has 0 radical (unpaired) electrons. The topological polar surface area (TPSA) is 124 Å². The van der Waals surface area contributed by atoms with E-state index in [1.54, 1.807) is 67.5 Å². The number of aromatic nitrogens is 5. The zero-order valence-electron chi connectivity index (χ0n) is 29.3. The third kappa shape index (κ3) is 7.60. The summed E-state index contributed by atoms with van der Waals surface area (Å²) in [6, 6.07) is 23.8. The fourth-order valence-electron chi connectivity index (χ4n) is 6.35. The van der Waals surface area contributed by atoms with Crippen LogP contribution in [0.3, 0.4) is 0 Å². The van der Waals surface area contributed by atoms with Crippen LogP contribution in [0.4, 0.5) is 8.78 Å². The van der Waals surface area contributed by atoms with E-state index in [4.69, 9.17) is 9.47 Å². The van der Waals surface area contributed by atoms with Crippen molar-refractivity contribution in [1.82, 2.24) is 24.0 Å². The molecule has 0 aliphatic heterocycles. The van der Waals surface area contributed by atoms with Crippen molar-refractivity contribution in [3.63, 3.8) is 0 Å². The zero-order valence-corrected chi connectivity index (χ0v) is 31.7. The molecular weight excluding hydrogens is 780 g/mol. The van der Waals surface area contributed by atoms with E-state index in [0.29, 0.717) is 28.6 Å². The molecule has 3 heterocycles. The number of aliphatic hydroxyl groups excluding tert-OH is 1. The number of halogens is 3. The van der Waals surface area contributed by atoms with Gasteiger partial charge in [0.1, 0.15) is 11.6 Å². The number of hydrogen-bond acceptors (Lipinski definition) is 7. The molecule has 7 rings (SSSR count). The first-order valence-electron chi connectivity index (χ1n) is 17.1. The summed E-state index contributed by atoms with van der Waals surface area (Å²) in [4.78, 5) is 0.0568. The molecule has 0 amide bonds. The molecule has 0 saturated carbocycles. The summed E-state index contributed by atoms with van der Waals surface area (Å²) in [5.74, 6) is -1.34. The Hall–Kier alpha value is -5.15. The van der Waals surface area contributed by atoms with Gasteiger partial charge in [-0.05, 0) is 86.0 Å². The van der Waals surface area contributed by atoms with Crippen LogP contribution in [0.1, 0.15) is 43.0 Å². The molecule has 14 heteroatoms. The van der Waals surface area contributed by atoms with Crippen LogP contribution >= 0.6 is 15.9 Å². The van der Waals surface area contributed by atoms with Crippen LogP contribution in [0.5, 0.6) is 11.5 Å². The second-order valence-electron chi connectivity index (χ2n) is 13.3. The lowest BCUT2D eigenvalue weighted by atomic mass is 10.0. The Labute approximate surface area is 319 Å². The second kappa shape index (κ2) is 15.3. The Kier molecular flexibility index (Phi) is 10.5. The second-order valence-corrected chi connectivity index (χ2v) is 16.1. The van der Waals surface area contributed by atoms with Crippen molar-refractivity contribution in [3.8, 4) is 22.8 Å². The molecule has 0 aliphatic carbocycles. The van der Waals surface area contributed by atoms with Crippen molar-refractivity contribution < 1.29 is 31.8 Å². The summed E-state index contributed by atoms with van der Waals surface area (Å²) < 4.78 is 75.3. The summed E-state index contributed by atoms with van der Waals surface area (Å²) in [5, 5.41) is 21.6. The molecule has 0 aliphatic rings. The summed E-state index contributed by atoms with van der Waals surface area (Å²) in [6.07, 6.45) is 6.83. The Morgan fingerprint density at radius 2 is 1.80 bits per heavy atom. The van der Waals surface area contributed by atoms with Gasteiger partial charge in [0, 0.05) is 58.7 Å². The average Bonchev–Trinajstić information content (AvgIpc) is 3.95. The van der Waals surface area contributed by atoms with Crippen LogP contribution < -0.4 is 4.74 Å². The number of hydrogen-bond donors (Lipinski definition) is 2. The van der Waals surface area contributed by atoms with Gasteiger partial charge in [0.15, 0.2) is 11.6 Å². The molecule has 2 N–H and O–H groups in total. The third-order valence-electron chi connectivity index (χ3n) is 9.10. The van der Waals surface area contributed by atoms with E-state index in [1.807, 2.05) is 24.3 Å². The molecule has 278 valence electrons. The highest BCUT2D eigenvalue weighted by Gasteiger charge is 2.26. The molecule has 54 heavy (non-hydrogen) atoms. The van der Waals surface area contributed by atoms with Gasteiger partial charge in [-0.3, -0.25) is 9.78 Å². The van der Waals surface area contributed by atoms with Gasteiger partial charge < -0.3 is 14.6 Å². The molecular formula is C40H36BrF2N5O5S. The average molecular weight is 817 g/mol. The molecule has 1 unspecified atom stereocenters. The normalized spacial score (nSPS) is 12.7. The van der Waals surface area contributed by atoms with Gasteiger partial charge in [-0.25, -0.2) is 21.2 Å². The fourth-order valence-corrected chi connectivity index (χ4v) is 8.13. The highest BCUT2D eigenvalue weighted by Crippen LogP contribution is 2.39. The first kappa shape index (κ1) is 37.2. The molecule has 4 aromatic carbocycles. The predicted molar refractivity (Wildman–Crippen MR) is 204 cm³/mol. The molecule has 3 aromatic heterocycles. The lowest BCUT2D eigenvalue weighted by molar-refractivity contribution is -0.0564. The third-order valence-corrected chi connectivity index (χ3v) is 11.3. The lowest BCUT2D eigenvalue weighted by Gasteiger charge is -2.26. The number of benzene rings is 4. The number of rotatable bonds is 14. The predicted octanol–water partition coefficient (Wildman–Crippen LogP) is 8.66. The highest BCUT2D eigenvalue weighted by atomic mass is 79.9. The Balaban J connectivity index is 1.28. The van der Waals surface area contributed by atoms with Gasteiger partial charge in [0.25, 0.3) is 10.0 Å². The Bertz CT molecular complexity index is 2520. The number of aliphatic hydroxyl groups is 1. The number of aromatic amines is 1. The van der Waals surface area contributed by atoms with Crippen molar-refractivity contribution in [2.45, 2.75) is 43.2 Å². The van der Waals surface area contributed by atoms with E-state index in [0.717, 1.165) is 20.1 Å². The highest BCUT2D eigenvalue weighted by molar-refractivity contribution is 9.10. The molecule has 0 fully saturated rings. The van der Waals surface area contributed by atoms with Gasteiger partial charge in [0.2, 0.25) is 0 Å². The number of nitrogens with one attached hydrogen (secondary N) is 1. The quantitative estimate of drug-likeness (QED) is 0.113. The smallest absolute Gasteiger partial charge is 0.268 e. The minimum absolute atomic E-state index is 0.0568. The standard InChI is InChI=1S/C40H36BrF2N5O5S/c1-40(2,25-49)52-18-15-36(27-7-6-8-28(41)20-27)48-37(13-16-46-48)33-21-29(11-12-34(33)42)53-39-32(19-26-23-44-45-24-26)31-14-17-47(38(31)22-35(39)43)54(50,51)30-9-4-3-5-10-30/h3-14,16-17,20-24,36,49H,15,18-19,25H2,1-2H3,(H,44,45). The van der Waals surface area contributed by atoms with E-state index in [9.17, 15) is 13.5 Å². The van der Waals surface area contributed by atoms with Crippen LogP contribution in [-0.2, 0) is 21.2 Å². The summed E-state index contributed by atoms with van der Waals surface area (Å²) in [7, 11) is -4.05. The minimum atomic E-state index is -4.05. The number of ether oxygens (including phenoxy) is 2. The molecule has 1 atom stereocenters. The lowest BCUT2D eigenvalue weighted by Crippen LogP contribution is -2.30. The SMILES string of the molecule is CC(C)(CO)OCCC(c1cccc(Br)c1)n1nccc1-c1cc(Oc2c(F)cc3c(ccn3S(=O)(=O)c3ccccc3)c2Cc2cn[nH]c2)ccc1F. The van der Waals surface area contributed by atoms with Crippen LogP contribution in [0.25, 0.3) is 22.2 Å². The maximum atomic E-state index is 16.3. The van der Waals surface area contributed by atoms with E-state index in [2.05, 4.69) is 31.2 Å². The maximum Gasteiger partial charge on any atom is 0.268 e. The minimum Gasteiger partial charge on any atom is -0.454 e. The Morgan fingerprint density at radius 3 is 2.54 bits per heavy atom. The summed E-state index contributed by atoms with van der Waals surface area (Å²) >= 11 is 3.55. The van der Waals surface area contributed by atoms with Gasteiger partial charge in [-0.1, -0.05) is 46.3 Å². The molecule has 0 bridgehead atoms. The van der Waals surface area contributed by atoms with Crippen LogP contribution in [-0.4, -0.2) is 56.3 Å². The van der Waals surface area contributed by atoms with Crippen LogP contribution in [0.15, 0.2) is 125 Å². The van der Waals surface area contributed by atoms with Gasteiger partial charge in [0.05, 0.1) is 40.6 Å². The molecule has 0 spiro atoms. The van der Waals surface area contributed by atoms with Crippen LogP contribution in [0, 0.1) is 11.6 Å². The van der Waals surface area contributed by atoms with Crippen LogP contribution in [0.2, 0.25) is 0 Å². The zero-order chi connectivity index (χ0) is 38.0. The van der Waals surface area contributed by atoms with Crippen molar-refractivity contribution in [2.75, 3.05) is 13.2 Å². The first-order valence-corrected chi connectivity index (χ1v) is 19.3. The van der Waals surface area contributed by atoms with E-state index < -0.39 is 27.3 Å². The van der Waals surface area contributed by atoms with E-state index in [-0.39, 0.29) is 53.2 Å². The first-order chi connectivity index (χ1) is 25.9. The van der Waals surface area contributed by atoms with E-state index in [1.165, 1.54) is 36.5 Å². The van der Waals surface area contributed by atoms with Gasteiger partial charge >= 0.3 is 0 Å². The fraction of sp³-hybridized carbons (Fsp3) is 0.200. The number of H-pyrrole nitrogens is 1. The van der Waals surface area contributed by atoms with E-state index >= 15 is 8.78 Å². The molecule has 10 nitrogen and oxygen atoms in total. The number of nitrogens with zero attached hydrogens (tertiary/aromatic N) is 4. The molecule has 0 saturated heterocycles. The van der Waals surface area contributed by atoms with Crippen molar-refractivity contribution >= 4 is 36.9 Å². The van der Waals surface area contributed by atoms with Gasteiger partial charge in [-0.2, -0.15) is 10.2 Å². The summed E-state index contributed by atoms with van der Waals surface area (Å²) in [5.41, 5.74) is 1.98. The largest absolute Gasteiger partial charge is 0.454 e. The van der Waals surface area contributed by atoms with Crippen molar-refractivity contribution in [3.05, 3.63) is 149 Å². The number of fused-ring (bicyclic) bond motifs is 1. The van der Waals surface area contributed by atoms with Gasteiger partial charge in [-0.15, -0.1) is 0 Å². The monoisotopic (exact) mass is 815 g/mol. The Morgan fingerprint density at radius 1 is 0.981 bits per heavy atom. The summed E-state index contributed by atoms with van der Waals surface area (Å²) in [6.45, 7) is 3.72. The van der Waals surface area contributed by atoms with Crippen molar-refractivity contribution in [2.24, 2.45) is 0 Å². The van der Waals surface area contributed by atoms with Crippen molar-refractivity contribution in [1.29, 1.82) is 0 Å². The maximum absolute atomic E-state index is 16.3.